The van der Waals surface area contributed by atoms with E-state index < -0.39 is 5.41 Å². The molecule has 2 aromatic rings. The monoisotopic (exact) mass is 328 g/mol. The second-order valence-electron chi connectivity index (χ2n) is 6.25. The molecule has 3 rings (SSSR count). The summed E-state index contributed by atoms with van der Waals surface area (Å²) in [6.45, 7) is 0.596. The second kappa shape index (κ2) is 7.09. The van der Waals surface area contributed by atoms with E-state index in [4.69, 9.17) is 0 Å². The summed E-state index contributed by atoms with van der Waals surface area (Å²) in [7, 11) is 0. The van der Waals surface area contributed by atoms with Crippen molar-refractivity contribution in [1.29, 1.82) is 0 Å². The van der Waals surface area contributed by atoms with E-state index in [0.29, 0.717) is 6.54 Å². The SMILES string of the molecule is O=C(N(CCO)Cc1cccnc1)C1(c2ccc(F)cc2)CCC1. The smallest absolute Gasteiger partial charge is 0.233 e. The maximum absolute atomic E-state index is 13.2. The Kier molecular flexibility index (Phi) is 4.90. The van der Waals surface area contributed by atoms with Crippen LogP contribution < -0.4 is 0 Å². The molecule has 126 valence electrons. The van der Waals surface area contributed by atoms with Crippen molar-refractivity contribution < 1.29 is 14.3 Å². The summed E-state index contributed by atoms with van der Waals surface area (Å²) >= 11 is 0. The van der Waals surface area contributed by atoms with Gasteiger partial charge in [0.15, 0.2) is 0 Å². The van der Waals surface area contributed by atoms with Crippen LogP contribution in [0.4, 0.5) is 4.39 Å². The summed E-state index contributed by atoms with van der Waals surface area (Å²) in [6, 6.07) is 9.95. The number of benzene rings is 1. The number of aliphatic hydroxyl groups excluding tert-OH is 1. The second-order valence-corrected chi connectivity index (χ2v) is 6.25. The van der Waals surface area contributed by atoms with Gasteiger partial charge in [-0.1, -0.05) is 24.6 Å². The lowest BCUT2D eigenvalue weighted by Gasteiger charge is -2.44. The normalized spacial score (nSPS) is 15.6. The van der Waals surface area contributed by atoms with Crippen molar-refractivity contribution in [3.8, 4) is 0 Å². The zero-order valence-corrected chi connectivity index (χ0v) is 13.5. The largest absolute Gasteiger partial charge is 0.395 e. The number of pyridine rings is 1. The summed E-state index contributed by atoms with van der Waals surface area (Å²) in [6.07, 6.45) is 5.90. The standard InChI is InChI=1S/C19H21FN2O2/c20-17-6-4-16(5-7-17)19(8-2-9-19)18(24)22(11-12-23)14-15-3-1-10-21-13-15/h1,3-7,10,13,23H,2,8-9,11-12,14H2. The first-order valence-electron chi connectivity index (χ1n) is 8.21. The first kappa shape index (κ1) is 16.6. The van der Waals surface area contributed by atoms with Crippen LogP contribution in [0.2, 0.25) is 0 Å². The zero-order valence-electron chi connectivity index (χ0n) is 13.5. The third-order valence-electron chi connectivity index (χ3n) is 4.77. The first-order chi connectivity index (χ1) is 11.7. The minimum Gasteiger partial charge on any atom is -0.395 e. The zero-order chi connectivity index (χ0) is 17.0. The number of halogens is 1. The topological polar surface area (TPSA) is 53.4 Å². The Bertz CT molecular complexity index is 684. The molecule has 0 radical (unpaired) electrons. The fourth-order valence-electron chi connectivity index (χ4n) is 3.31. The van der Waals surface area contributed by atoms with E-state index in [1.165, 1.54) is 12.1 Å². The minimum atomic E-state index is -0.592. The van der Waals surface area contributed by atoms with Gasteiger partial charge in [-0.2, -0.15) is 0 Å². The Morgan fingerprint density at radius 3 is 2.54 bits per heavy atom. The van der Waals surface area contributed by atoms with Crippen molar-refractivity contribution in [3.05, 3.63) is 65.7 Å². The number of rotatable bonds is 6. The molecule has 1 fully saturated rings. The van der Waals surface area contributed by atoms with Gasteiger partial charge < -0.3 is 10.0 Å². The van der Waals surface area contributed by atoms with E-state index in [-0.39, 0.29) is 24.9 Å². The van der Waals surface area contributed by atoms with Crippen molar-refractivity contribution in [1.82, 2.24) is 9.88 Å². The van der Waals surface area contributed by atoms with Crippen molar-refractivity contribution in [2.24, 2.45) is 0 Å². The molecule has 1 aliphatic carbocycles. The predicted molar refractivity (Wildman–Crippen MR) is 88.7 cm³/mol. The minimum absolute atomic E-state index is 0.00161. The van der Waals surface area contributed by atoms with Crippen LogP contribution in [0.3, 0.4) is 0 Å². The number of hydrogen-bond acceptors (Lipinski definition) is 3. The van der Waals surface area contributed by atoms with E-state index in [9.17, 15) is 14.3 Å². The number of hydrogen-bond donors (Lipinski definition) is 1. The molecule has 0 spiro atoms. The molecule has 0 atom stereocenters. The van der Waals surface area contributed by atoms with Gasteiger partial charge in [-0.25, -0.2) is 4.39 Å². The molecular weight excluding hydrogens is 307 g/mol. The van der Waals surface area contributed by atoms with Crippen LogP contribution in [-0.4, -0.2) is 34.0 Å². The number of aliphatic hydroxyl groups is 1. The van der Waals surface area contributed by atoms with Gasteiger partial charge in [0, 0.05) is 25.5 Å². The predicted octanol–water partition coefficient (Wildman–Crippen LogP) is 2.66. The van der Waals surface area contributed by atoms with Crippen LogP contribution >= 0.6 is 0 Å². The number of aromatic nitrogens is 1. The molecule has 0 bridgehead atoms. The average Bonchev–Trinajstić information content (AvgIpc) is 2.56. The fourth-order valence-corrected chi connectivity index (χ4v) is 3.31. The molecule has 1 aromatic carbocycles. The molecule has 4 nitrogen and oxygen atoms in total. The number of carbonyl (C=O) groups excluding carboxylic acids is 1. The maximum Gasteiger partial charge on any atom is 0.233 e. The Hall–Kier alpha value is -2.27. The van der Waals surface area contributed by atoms with E-state index in [1.54, 1.807) is 29.4 Å². The molecule has 1 amide bonds. The van der Waals surface area contributed by atoms with E-state index in [0.717, 1.165) is 30.4 Å². The summed E-state index contributed by atoms with van der Waals surface area (Å²) in [5.74, 6) is -0.304. The van der Waals surface area contributed by atoms with E-state index in [1.807, 2.05) is 12.1 Å². The highest BCUT2D eigenvalue weighted by molar-refractivity contribution is 5.89. The van der Waals surface area contributed by atoms with Crippen molar-refractivity contribution in [2.75, 3.05) is 13.2 Å². The van der Waals surface area contributed by atoms with Gasteiger partial charge in [-0.05, 0) is 42.2 Å². The molecule has 1 aromatic heterocycles. The summed E-state index contributed by atoms with van der Waals surface area (Å²) < 4.78 is 13.2. The van der Waals surface area contributed by atoms with Gasteiger partial charge >= 0.3 is 0 Å². The molecular formula is C19H21FN2O2. The van der Waals surface area contributed by atoms with Crippen LogP contribution in [0.5, 0.6) is 0 Å². The molecule has 0 aliphatic heterocycles. The molecule has 1 saturated carbocycles. The van der Waals surface area contributed by atoms with Gasteiger partial charge in [-0.15, -0.1) is 0 Å². The van der Waals surface area contributed by atoms with Gasteiger partial charge in [0.05, 0.1) is 12.0 Å². The highest BCUT2D eigenvalue weighted by Gasteiger charge is 2.47. The highest BCUT2D eigenvalue weighted by atomic mass is 19.1. The fraction of sp³-hybridized carbons (Fsp3) is 0.368. The Balaban J connectivity index is 1.86. The average molecular weight is 328 g/mol. The molecule has 1 aliphatic rings. The first-order valence-corrected chi connectivity index (χ1v) is 8.21. The summed E-state index contributed by atoms with van der Waals surface area (Å²) in [5.41, 5.74) is 1.19. The lowest BCUT2D eigenvalue weighted by molar-refractivity contribution is -0.142. The highest BCUT2D eigenvalue weighted by Crippen LogP contribution is 2.45. The third-order valence-corrected chi connectivity index (χ3v) is 4.77. The molecule has 0 unspecified atom stereocenters. The van der Waals surface area contributed by atoms with E-state index >= 15 is 0 Å². The number of nitrogens with zero attached hydrogens (tertiary/aromatic N) is 2. The molecule has 0 saturated heterocycles. The van der Waals surface area contributed by atoms with Crippen LogP contribution in [-0.2, 0) is 16.8 Å². The van der Waals surface area contributed by atoms with Crippen molar-refractivity contribution in [2.45, 2.75) is 31.2 Å². The Labute approximate surface area is 141 Å². The lowest BCUT2D eigenvalue weighted by atomic mass is 9.63. The summed E-state index contributed by atoms with van der Waals surface area (Å²) in [4.78, 5) is 19.0. The van der Waals surface area contributed by atoms with Crippen LogP contribution in [0.15, 0.2) is 48.8 Å². The van der Waals surface area contributed by atoms with Gasteiger partial charge in [0.1, 0.15) is 5.82 Å². The quantitative estimate of drug-likeness (QED) is 0.887. The number of carbonyl (C=O) groups is 1. The van der Waals surface area contributed by atoms with Gasteiger partial charge in [0.2, 0.25) is 5.91 Å². The molecule has 24 heavy (non-hydrogen) atoms. The van der Waals surface area contributed by atoms with Crippen LogP contribution in [0, 0.1) is 5.82 Å². The van der Waals surface area contributed by atoms with Crippen molar-refractivity contribution >= 4 is 5.91 Å². The van der Waals surface area contributed by atoms with E-state index in [2.05, 4.69) is 4.98 Å². The lowest BCUT2D eigenvalue weighted by Crippen LogP contribution is -2.51. The van der Waals surface area contributed by atoms with Gasteiger partial charge in [-0.3, -0.25) is 9.78 Å². The summed E-state index contributed by atoms with van der Waals surface area (Å²) in [5, 5.41) is 9.37. The number of amides is 1. The maximum atomic E-state index is 13.2. The molecule has 5 heteroatoms. The van der Waals surface area contributed by atoms with Gasteiger partial charge in [0.25, 0.3) is 0 Å². The van der Waals surface area contributed by atoms with Crippen molar-refractivity contribution in [3.63, 3.8) is 0 Å². The Morgan fingerprint density at radius 2 is 2.00 bits per heavy atom. The Morgan fingerprint density at radius 1 is 1.25 bits per heavy atom. The molecule has 1 N–H and O–H groups in total. The van der Waals surface area contributed by atoms with Crippen LogP contribution in [0.25, 0.3) is 0 Å². The third kappa shape index (κ3) is 3.17. The molecule has 1 heterocycles. The van der Waals surface area contributed by atoms with Crippen LogP contribution in [0.1, 0.15) is 30.4 Å².